The number of imidazole rings is 1. The molecule has 40 heavy (non-hydrogen) atoms. The molecular formula is C27H26F3N3O7. The number of hydrogen-bond acceptors (Lipinski definition) is 8. The van der Waals surface area contributed by atoms with Crippen molar-refractivity contribution in [2.24, 2.45) is 0 Å². The molecule has 4 atom stereocenters. The molecule has 0 aliphatic carbocycles. The standard InChI is InChI=1S/C27H26F3N3O7/c1-35-21-13-38-25(24(37-3)23(21)36-2)39-26(34)32-16-5-10-19-15(12-16)4-11-20-22(19)31-14-33(20)17-6-8-18(9-7-17)40-27(28,29)30/h4-12,14,21,23-25H,13H2,1-3H3,(H,32,34). The van der Waals surface area contributed by atoms with E-state index in [9.17, 15) is 18.0 Å². The second-order valence-corrected chi connectivity index (χ2v) is 8.93. The normalized spacial score (nSPS) is 21.4. The minimum Gasteiger partial charge on any atom is -0.416 e. The Hall–Kier alpha value is -3.91. The number of hydrogen-bond donors (Lipinski definition) is 1. The molecule has 4 unspecified atom stereocenters. The molecule has 13 heteroatoms. The highest BCUT2D eigenvalue weighted by molar-refractivity contribution is 6.06. The van der Waals surface area contributed by atoms with E-state index in [1.165, 1.54) is 45.6 Å². The summed E-state index contributed by atoms with van der Waals surface area (Å²) in [6.07, 6.45) is -6.46. The van der Waals surface area contributed by atoms with Crippen molar-refractivity contribution in [2.75, 3.05) is 33.3 Å². The second-order valence-electron chi connectivity index (χ2n) is 8.93. The van der Waals surface area contributed by atoms with Crippen molar-refractivity contribution in [2.45, 2.75) is 31.0 Å². The van der Waals surface area contributed by atoms with Gasteiger partial charge in [-0.3, -0.25) is 9.88 Å². The zero-order valence-corrected chi connectivity index (χ0v) is 21.7. The molecule has 10 nitrogen and oxygen atoms in total. The number of aromatic nitrogens is 2. The van der Waals surface area contributed by atoms with Crippen molar-refractivity contribution < 1.29 is 46.4 Å². The smallest absolute Gasteiger partial charge is 0.416 e. The summed E-state index contributed by atoms with van der Waals surface area (Å²) < 4.78 is 70.5. The van der Waals surface area contributed by atoms with Crippen LogP contribution in [0.25, 0.3) is 27.5 Å². The number of rotatable bonds is 7. The summed E-state index contributed by atoms with van der Waals surface area (Å²) in [7, 11) is 4.52. The van der Waals surface area contributed by atoms with Crippen molar-refractivity contribution in [3.8, 4) is 11.4 Å². The summed E-state index contributed by atoms with van der Waals surface area (Å²) in [4.78, 5) is 17.2. The van der Waals surface area contributed by atoms with Crippen molar-refractivity contribution in [1.82, 2.24) is 9.55 Å². The number of nitrogens with one attached hydrogen (secondary N) is 1. The molecular weight excluding hydrogens is 535 g/mol. The lowest BCUT2D eigenvalue weighted by Gasteiger charge is -2.39. The second kappa shape index (κ2) is 11.3. The number of ether oxygens (including phenoxy) is 6. The highest BCUT2D eigenvalue weighted by Crippen LogP contribution is 2.30. The van der Waals surface area contributed by atoms with E-state index in [4.69, 9.17) is 23.7 Å². The van der Waals surface area contributed by atoms with Gasteiger partial charge in [0.2, 0.25) is 6.29 Å². The fraction of sp³-hybridized carbons (Fsp3) is 0.333. The summed E-state index contributed by atoms with van der Waals surface area (Å²) in [5.41, 5.74) is 2.53. The van der Waals surface area contributed by atoms with Crippen LogP contribution in [0.5, 0.6) is 5.75 Å². The zero-order chi connectivity index (χ0) is 28.4. The van der Waals surface area contributed by atoms with Gasteiger partial charge in [0.15, 0.2) is 0 Å². The highest BCUT2D eigenvalue weighted by Gasteiger charge is 2.43. The summed E-state index contributed by atoms with van der Waals surface area (Å²) >= 11 is 0. The SMILES string of the molecule is COC1COC(OC(=O)Nc2ccc3c(ccc4c3ncn4-c3ccc(OC(F)(F)F)cc3)c2)C(OC)C1OC. The number of carbonyl (C=O) groups is 1. The first kappa shape index (κ1) is 27.6. The van der Waals surface area contributed by atoms with Gasteiger partial charge in [-0.1, -0.05) is 12.1 Å². The number of methoxy groups -OCH3 is 3. The van der Waals surface area contributed by atoms with Crippen LogP contribution in [0.1, 0.15) is 0 Å². The number of carbonyl (C=O) groups excluding carboxylic acids is 1. The van der Waals surface area contributed by atoms with E-state index >= 15 is 0 Å². The highest BCUT2D eigenvalue weighted by atomic mass is 19.4. The van der Waals surface area contributed by atoms with Gasteiger partial charge >= 0.3 is 12.5 Å². The van der Waals surface area contributed by atoms with Crippen LogP contribution >= 0.6 is 0 Å². The Morgan fingerprint density at radius 2 is 1.75 bits per heavy atom. The predicted octanol–water partition coefficient (Wildman–Crippen LogP) is 5.03. The lowest BCUT2D eigenvalue weighted by Crippen LogP contribution is -2.56. The van der Waals surface area contributed by atoms with Gasteiger partial charge in [-0.2, -0.15) is 0 Å². The number of amides is 1. The van der Waals surface area contributed by atoms with Gasteiger partial charge < -0.3 is 28.4 Å². The summed E-state index contributed by atoms with van der Waals surface area (Å²) in [6, 6.07) is 14.5. The van der Waals surface area contributed by atoms with Crippen molar-refractivity contribution in [3.63, 3.8) is 0 Å². The van der Waals surface area contributed by atoms with E-state index in [0.29, 0.717) is 16.9 Å². The molecule has 1 aliphatic rings. The third kappa shape index (κ3) is 5.68. The number of nitrogens with zero attached hydrogens (tertiary/aromatic N) is 2. The average molecular weight is 562 g/mol. The van der Waals surface area contributed by atoms with E-state index in [1.807, 2.05) is 18.2 Å². The van der Waals surface area contributed by atoms with Gasteiger partial charge in [0, 0.05) is 38.1 Å². The molecule has 1 fully saturated rings. The first-order valence-electron chi connectivity index (χ1n) is 12.1. The molecule has 1 amide bonds. The number of anilines is 1. The van der Waals surface area contributed by atoms with Gasteiger partial charge in [-0.25, -0.2) is 9.78 Å². The summed E-state index contributed by atoms with van der Waals surface area (Å²) in [5, 5.41) is 4.32. The van der Waals surface area contributed by atoms with E-state index in [-0.39, 0.29) is 18.5 Å². The van der Waals surface area contributed by atoms with Gasteiger partial charge in [0.25, 0.3) is 0 Å². The minimum absolute atomic E-state index is 0.164. The largest absolute Gasteiger partial charge is 0.573 e. The molecule has 0 spiro atoms. The monoisotopic (exact) mass is 561 g/mol. The Bertz CT molecular complexity index is 1490. The van der Waals surface area contributed by atoms with Crippen LogP contribution in [0.15, 0.2) is 60.9 Å². The van der Waals surface area contributed by atoms with Crippen LogP contribution in [0.3, 0.4) is 0 Å². The maximum atomic E-state index is 12.7. The van der Waals surface area contributed by atoms with E-state index < -0.39 is 31.0 Å². The molecule has 4 aromatic rings. The van der Waals surface area contributed by atoms with Crippen LogP contribution in [0, 0.1) is 0 Å². The maximum absolute atomic E-state index is 12.7. The first-order chi connectivity index (χ1) is 19.2. The molecule has 1 aromatic heterocycles. The lowest BCUT2D eigenvalue weighted by atomic mass is 10.0. The molecule has 1 saturated heterocycles. The van der Waals surface area contributed by atoms with Gasteiger partial charge in [-0.05, 0) is 47.9 Å². The van der Waals surface area contributed by atoms with E-state index in [2.05, 4.69) is 15.0 Å². The Morgan fingerprint density at radius 3 is 2.42 bits per heavy atom. The summed E-state index contributed by atoms with van der Waals surface area (Å²) in [6.45, 7) is 0.164. The fourth-order valence-corrected chi connectivity index (χ4v) is 4.73. The first-order valence-corrected chi connectivity index (χ1v) is 12.1. The Morgan fingerprint density at radius 1 is 1.00 bits per heavy atom. The Labute approximate surface area is 226 Å². The third-order valence-electron chi connectivity index (χ3n) is 6.58. The molecule has 1 N–H and O–H groups in total. The lowest BCUT2D eigenvalue weighted by molar-refractivity contribution is -0.274. The van der Waals surface area contributed by atoms with Crippen LogP contribution in [0.4, 0.5) is 23.7 Å². The third-order valence-corrected chi connectivity index (χ3v) is 6.58. The number of fused-ring (bicyclic) bond motifs is 3. The molecule has 2 heterocycles. The Balaban J connectivity index is 1.31. The zero-order valence-electron chi connectivity index (χ0n) is 21.7. The molecule has 0 bridgehead atoms. The molecule has 0 radical (unpaired) electrons. The van der Waals surface area contributed by atoms with Crippen molar-refractivity contribution in [3.05, 3.63) is 60.9 Å². The van der Waals surface area contributed by atoms with Crippen LogP contribution in [0.2, 0.25) is 0 Å². The van der Waals surface area contributed by atoms with E-state index in [1.54, 1.807) is 23.0 Å². The quantitative estimate of drug-likeness (QED) is 0.336. The average Bonchev–Trinajstić information content (AvgIpc) is 3.36. The minimum atomic E-state index is -4.76. The fourth-order valence-electron chi connectivity index (χ4n) is 4.73. The van der Waals surface area contributed by atoms with E-state index in [0.717, 1.165) is 16.3 Å². The summed E-state index contributed by atoms with van der Waals surface area (Å²) in [5.74, 6) is -0.310. The number of alkyl halides is 3. The van der Waals surface area contributed by atoms with Gasteiger partial charge in [0.05, 0.1) is 17.6 Å². The predicted molar refractivity (Wildman–Crippen MR) is 137 cm³/mol. The Kier molecular flexibility index (Phi) is 7.81. The van der Waals surface area contributed by atoms with Crippen LogP contribution < -0.4 is 10.1 Å². The topological polar surface area (TPSA) is 102 Å². The van der Waals surface area contributed by atoms with Crippen molar-refractivity contribution >= 4 is 33.6 Å². The van der Waals surface area contributed by atoms with Crippen molar-refractivity contribution in [1.29, 1.82) is 0 Å². The number of benzene rings is 3. The number of halogens is 3. The molecule has 5 rings (SSSR count). The molecule has 1 aliphatic heterocycles. The molecule has 212 valence electrons. The van der Waals surface area contributed by atoms with Crippen LogP contribution in [-0.4, -0.2) is 74.5 Å². The van der Waals surface area contributed by atoms with Gasteiger partial charge in [0.1, 0.15) is 30.4 Å². The van der Waals surface area contributed by atoms with Gasteiger partial charge in [-0.15, -0.1) is 13.2 Å². The molecule has 0 saturated carbocycles. The molecule has 3 aromatic carbocycles. The van der Waals surface area contributed by atoms with Crippen LogP contribution in [-0.2, 0) is 23.7 Å². The maximum Gasteiger partial charge on any atom is 0.573 e.